The minimum Gasteiger partial charge on any atom is -0.445 e. The zero-order valence-corrected chi connectivity index (χ0v) is 15.4. The lowest BCUT2D eigenvalue weighted by Crippen LogP contribution is -2.32. The topological polar surface area (TPSA) is 40.4 Å². The Labute approximate surface area is 143 Å². The van der Waals surface area contributed by atoms with Crippen LogP contribution in [-0.2, 0) is 9.53 Å². The highest BCUT2D eigenvalue weighted by Crippen LogP contribution is 2.14. The molecule has 3 nitrogen and oxygen atoms in total. The molecule has 0 aliphatic carbocycles. The largest absolute Gasteiger partial charge is 0.445 e. The first-order chi connectivity index (χ1) is 11.3. The van der Waals surface area contributed by atoms with E-state index in [9.17, 15) is 4.79 Å². The van der Waals surface area contributed by atoms with Gasteiger partial charge in [0.15, 0.2) is 6.23 Å². The summed E-state index contributed by atoms with van der Waals surface area (Å²) in [6.45, 7) is 3.13. The summed E-state index contributed by atoms with van der Waals surface area (Å²) < 4.78 is 5.39. The quantitative estimate of drug-likeness (QED) is 0.302. The van der Waals surface area contributed by atoms with Gasteiger partial charge in [-0.2, -0.15) is 0 Å². The maximum Gasteiger partial charge on any atom is 0.307 e. The molecule has 0 aromatic rings. The van der Waals surface area contributed by atoms with E-state index >= 15 is 0 Å². The van der Waals surface area contributed by atoms with E-state index in [1.165, 1.54) is 64.2 Å². The van der Waals surface area contributed by atoms with Gasteiger partial charge in [-0.3, -0.25) is 4.79 Å². The average molecular weight is 325 g/mol. The van der Waals surface area contributed by atoms with Crippen LogP contribution in [0, 0.1) is 0 Å². The van der Waals surface area contributed by atoms with Crippen molar-refractivity contribution in [2.24, 2.45) is 0 Å². The molecule has 1 aliphatic rings. The highest BCUT2D eigenvalue weighted by Gasteiger charge is 2.17. The van der Waals surface area contributed by atoms with Crippen LogP contribution >= 0.6 is 0 Å². The zero-order valence-electron chi connectivity index (χ0n) is 15.4. The van der Waals surface area contributed by atoms with E-state index in [-0.39, 0.29) is 12.2 Å². The molecule has 1 heterocycles. The summed E-state index contributed by atoms with van der Waals surface area (Å²) in [5, 5.41) is 4.34. The number of carbonyl (C=O) groups is 1. The summed E-state index contributed by atoms with van der Waals surface area (Å²) in [6, 6.07) is 0. The first-order valence-electron chi connectivity index (χ1n) is 10.2. The number of hydrogen-bond acceptors (Lipinski definition) is 2. The Morgan fingerprint density at radius 3 is 1.96 bits per heavy atom. The predicted octanol–water partition coefficient (Wildman–Crippen LogP) is 5.74. The average Bonchev–Trinajstić information content (AvgIpc) is 2.57. The van der Waals surface area contributed by atoms with Crippen LogP contribution in [0.2, 0.25) is 0 Å². The molecule has 135 valence electrons. The van der Waals surface area contributed by atoms with Crippen LogP contribution in [0.1, 0.15) is 110 Å². The normalized spacial score (nSPS) is 18.0. The van der Waals surface area contributed by atoms with Gasteiger partial charge >= 0.3 is 5.97 Å². The summed E-state index contributed by atoms with van der Waals surface area (Å²) in [5.41, 5.74) is 0. The lowest BCUT2D eigenvalue weighted by molar-refractivity contribution is -0.152. The van der Waals surface area contributed by atoms with E-state index in [1.54, 1.807) is 0 Å². The van der Waals surface area contributed by atoms with Crippen molar-refractivity contribution in [2.45, 2.75) is 116 Å². The fourth-order valence-corrected chi connectivity index (χ4v) is 3.17. The molecule has 0 amide bonds. The maximum atomic E-state index is 11.7. The van der Waals surface area contributed by atoms with Crippen molar-refractivity contribution in [1.29, 1.82) is 0 Å². The predicted molar refractivity (Wildman–Crippen MR) is 96.4 cm³/mol. The highest BCUT2D eigenvalue weighted by molar-refractivity contribution is 5.69. The Kier molecular flexibility index (Phi) is 13.3. The van der Waals surface area contributed by atoms with E-state index in [1.807, 2.05) is 0 Å². The first kappa shape index (κ1) is 20.5. The monoisotopic (exact) mass is 324 g/mol. The van der Waals surface area contributed by atoms with Gasteiger partial charge in [-0.1, -0.05) is 77.6 Å². The second kappa shape index (κ2) is 15.0. The van der Waals surface area contributed by atoms with Crippen molar-refractivity contribution in [3.8, 4) is 0 Å². The molecule has 1 rings (SSSR count). The van der Waals surface area contributed by atoms with Crippen molar-refractivity contribution in [1.82, 2.24) is 5.32 Å². The number of piperidine rings is 1. The minimum absolute atomic E-state index is 0.0484. The molecule has 3 heteroatoms. The molecular formula is C20H38NO2. The number of rotatable bonds is 14. The van der Waals surface area contributed by atoms with E-state index in [0.29, 0.717) is 6.42 Å². The summed E-state index contributed by atoms with van der Waals surface area (Å²) in [5.74, 6) is -0.0484. The highest BCUT2D eigenvalue weighted by atomic mass is 16.6. The fourth-order valence-electron chi connectivity index (χ4n) is 3.17. The molecule has 23 heavy (non-hydrogen) atoms. The molecule has 1 aliphatic heterocycles. The van der Waals surface area contributed by atoms with Crippen LogP contribution in [0.5, 0.6) is 0 Å². The number of nitrogens with zero attached hydrogens (tertiary/aromatic N) is 1. The summed E-state index contributed by atoms with van der Waals surface area (Å²) in [4.78, 5) is 11.7. The molecular weight excluding hydrogens is 286 g/mol. The van der Waals surface area contributed by atoms with E-state index < -0.39 is 0 Å². The van der Waals surface area contributed by atoms with Gasteiger partial charge in [0, 0.05) is 13.0 Å². The Morgan fingerprint density at radius 1 is 0.870 bits per heavy atom. The molecule has 1 radical (unpaired) electrons. The van der Waals surface area contributed by atoms with Gasteiger partial charge in [0.25, 0.3) is 0 Å². The van der Waals surface area contributed by atoms with Crippen molar-refractivity contribution in [3.05, 3.63) is 0 Å². The van der Waals surface area contributed by atoms with E-state index in [0.717, 1.165) is 38.6 Å². The standard InChI is InChI=1S/C20H38NO2/c1-2-3-4-5-6-7-8-9-10-11-12-13-17-20(22)23-19-16-14-15-18-21-19/h19H,2-18H2,1H3. The molecule has 1 saturated heterocycles. The molecule has 0 bridgehead atoms. The van der Waals surface area contributed by atoms with Gasteiger partial charge in [0.2, 0.25) is 0 Å². The summed E-state index contributed by atoms with van der Waals surface area (Å²) in [7, 11) is 0. The smallest absolute Gasteiger partial charge is 0.307 e. The van der Waals surface area contributed by atoms with Gasteiger partial charge in [-0.25, -0.2) is 5.32 Å². The third kappa shape index (κ3) is 12.5. The number of carbonyl (C=O) groups excluding carboxylic acids is 1. The van der Waals surface area contributed by atoms with Gasteiger partial charge < -0.3 is 4.74 Å². The lowest BCUT2D eigenvalue weighted by Gasteiger charge is -2.21. The van der Waals surface area contributed by atoms with Gasteiger partial charge in [-0.05, 0) is 25.7 Å². The minimum atomic E-state index is -0.145. The van der Waals surface area contributed by atoms with Crippen molar-refractivity contribution >= 4 is 5.97 Å². The number of ether oxygens (including phenoxy) is 1. The Morgan fingerprint density at radius 2 is 1.43 bits per heavy atom. The third-order valence-corrected chi connectivity index (χ3v) is 4.69. The van der Waals surface area contributed by atoms with Crippen molar-refractivity contribution in [2.75, 3.05) is 6.54 Å². The number of unbranched alkanes of at least 4 members (excludes halogenated alkanes) is 11. The van der Waals surface area contributed by atoms with Gasteiger partial charge in [0.1, 0.15) is 0 Å². The summed E-state index contributed by atoms with van der Waals surface area (Å²) in [6.07, 6.45) is 19.5. The molecule has 0 aromatic heterocycles. The maximum absolute atomic E-state index is 11.7. The molecule has 0 spiro atoms. The molecule has 0 saturated carbocycles. The van der Waals surface area contributed by atoms with Crippen LogP contribution in [0.25, 0.3) is 0 Å². The molecule has 0 aromatic carbocycles. The lowest BCUT2D eigenvalue weighted by atomic mass is 10.0. The van der Waals surface area contributed by atoms with Crippen LogP contribution in [0.4, 0.5) is 0 Å². The van der Waals surface area contributed by atoms with Crippen LogP contribution in [0.3, 0.4) is 0 Å². The second-order valence-electron chi connectivity index (χ2n) is 6.99. The van der Waals surface area contributed by atoms with Crippen LogP contribution in [-0.4, -0.2) is 18.7 Å². The van der Waals surface area contributed by atoms with Gasteiger partial charge in [0.05, 0.1) is 0 Å². The van der Waals surface area contributed by atoms with Crippen LogP contribution < -0.4 is 5.32 Å². The van der Waals surface area contributed by atoms with E-state index in [4.69, 9.17) is 4.74 Å². The van der Waals surface area contributed by atoms with E-state index in [2.05, 4.69) is 12.2 Å². The molecule has 1 fully saturated rings. The molecule has 0 N–H and O–H groups in total. The SMILES string of the molecule is CCCCCCCCCCCCCCC(=O)OC1CCCC[N]1. The number of esters is 1. The van der Waals surface area contributed by atoms with Crippen molar-refractivity contribution in [3.63, 3.8) is 0 Å². The summed E-state index contributed by atoms with van der Waals surface area (Å²) >= 11 is 0. The molecule has 1 unspecified atom stereocenters. The third-order valence-electron chi connectivity index (χ3n) is 4.69. The Balaban J connectivity index is 1.77. The zero-order chi connectivity index (χ0) is 16.6. The van der Waals surface area contributed by atoms with Gasteiger partial charge in [-0.15, -0.1) is 0 Å². The Bertz CT molecular complexity index is 275. The van der Waals surface area contributed by atoms with Crippen molar-refractivity contribution < 1.29 is 9.53 Å². The Hall–Kier alpha value is -0.570. The fraction of sp³-hybridized carbons (Fsp3) is 0.950. The van der Waals surface area contributed by atoms with Crippen LogP contribution in [0.15, 0.2) is 0 Å². The first-order valence-corrected chi connectivity index (χ1v) is 10.2. The molecule has 1 atom stereocenters. The second-order valence-corrected chi connectivity index (χ2v) is 6.99. The number of hydrogen-bond donors (Lipinski definition) is 0.